The normalized spacial score (nSPS) is 20.5. The Hall–Kier alpha value is -2.71. The van der Waals surface area contributed by atoms with Gasteiger partial charge in [-0.2, -0.15) is 4.98 Å². The van der Waals surface area contributed by atoms with E-state index in [0.29, 0.717) is 24.9 Å². The fraction of sp³-hybridized carbons (Fsp3) is 0.522. The van der Waals surface area contributed by atoms with E-state index in [1.807, 2.05) is 0 Å². The lowest BCUT2D eigenvalue weighted by molar-refractivity contribution is 0.0360. The summed E-state index contributed by atoms with van der Waals surface area (Å²) in [5, 5.41) is 3.34. The first-order valence-electron chi connectivity index (χ1n) is 10.9. The highest BCUT2D eigenvalue weighted by Crippen LogP contribution is 2.23. The standard InChI is InChI=1S/C23H32N6O2/c1-17(25-21-24-10-9-20(26-21)29-13-14-31-22(29)30)19-7-5-18(6-8-19)15-28-12-11-27(4)23(2,3)16-28/h5-10,17H,11-16H2,1-4H3,(H,24,25,26). The smallest absolute Gasteiger partial charge is 0.415 e. The van der Waals surface area contributed by atoms with Gasteiger partial charge in [0.1, 0.15) is 12.4 Å². The number of ether oxygens (including phenoxy) is 1. The Labute approximate surface area is 184 Å². The third-order valence-electron chi connectivity index (χ3n) is 6.31. The zero-order valence-corrected chi connectivity index (χ0v) is 18.8. The van der Waals surface area contributed by atoms with Gasteiger partial charge in [0.15, 0.2) is 0 Å². The maximum absolute atomic E-state index is 11.8. The molecule has 166 valence electrons. The van der Waals surface area contributed by atoms with Gasteiger partial charge in [0, 0.05) is 37.9 Å². The molecule has 3 heterocycles. The molecule has 4 rings (SSSR count). The average molecular weight is 425 g/mol. The van der Waals surface area contributed by atoms with Crippen molar-refractivity contribution in [1.29, 1.82) is 0 Å². The van der Waals surface area contributed by atoms with Crippen LogP contribution in [0, 0.1) is 0 Å². The number of aromatic nitrogens is 2. The van der Waals surface area contributed by atoms with Gasteiger partial charge in [-0.25, -0.2) is 9.78 Å². The molecule has 0 radical (unpaired) electrons. The zero-order chi connectivity index (χ0) is 22.0. The van der Waals surface area contributed by atoms with Crippen LogP contribution < -0.4 is 10.2 Å². The Kier molecular flexibility index (Phi) is 6.11. The first-order chi connectivity index (χ1) is 14.8. The van der Waals surface area contributed by atoms with Crippen LogP contribution in [0.4, 0.5) is 16.6 Å². The van der Waals surface area contributed by atoms with E-state index in [1.54, 1.807) is 12.3 Å². The largest absolute Gasteiger partial charge is 0.447 e. The summed E-state index contributed by atoms with van der Waals surface area (Å²) >= 11 is 0. The molecular weight excluding hydrogens is 392 g/mol. The third kappa shape index (κ3) is 4.97. The van der Waals surface area contributed by atoms with Crippen LogP contribution in [-0.2, 0) is 11.3 Å². The second-order valence-corrected chi connectivity index (χ2v) is 9.06. The number of likely N-dealkylation sites (N-methyl/N-ethyl adjacent to an activating group) is 1. The van der Waals surface area contributed by atoms with E-state index in [-0.39, 0.29) is 17.7 Å². The first kappa shape index (κ1) is 21.5. The van der Waals surface area contributed by atoms with Crippen molar-refractivity contribution in [1.82, 2.24) is 19.8 Å². The molecule has 1 N–H and O–H groups in total. The summed E-state index contributed by atoms with van der Waals surface area (Å²) in [5.41, 5.74) is 2.69. The van der Waals surface area contributed by atoms with Crippen LogP contribution in [0.15, 0.2) is 36.5 Å². The molecular formula is C23H32N6O2. The summed E-state index contributed by atoms with van der Waals surface area (Å²) in [6, 6.07) is 10.5. The van der Waals surface area contributed by atoms with Gasteiger partial charge in [-0.1, -0.05) is 24.3 Å². The number of amides is 1. The number of piperazine rings is 1. The van der Waals surface area contributed by atoms with Crippen molar-refractivity contribution in [2.45, 2.75) is 38.9 Å². The maximum Gasteiger partial charge on any atom is 0.415 e. The van der Waals surface area contributed by atoms with Crippen molar-refractivity contribution in [3.63, 3.8) is 0 Å². The Morgan fingerprint density at radius 3 is 2.61 bits per heavy atom. The molecule has 0 spiro atoms. The van der Waals surface area contributed by atoms with Crippen molar-refractivity contribution >= 4 is 17.9 Å². The molecule has 0 aliphatic carbocycles. The Morgan fingerprint density at radius 1 is 1.16 bits per heavy atom. The van der Waals surface area contributed by atoms with E-state index in [4.69, 9.17) is 4.74 Å². The lowest BCUT2D eigenvalue weighted by Gasteiger charge is -2.45. The maximum atomic E-state index is 11.8. The fourth-order valence-corrected chi connectivity index (χ4v) is 4.09. The zero-order valence-electron chi connectivity index (χ0n) is 18.8. The minimum Gasteiger partial charge on any atom is -0.447 e. The van der Waals surface area contributed by atoms with E-state index in [1.165, 1.54) is 10.5 Å². The topological polar surface area (TPSA) is 73.8 Å². The molecule has 0 bridgehead atoms. The van der Waals surface area contributed by atoms with Crippen molar-refractivity contribution in [3.05, 3.63) is 47.7 Å². The number of anilines is 2. The Bertz CT molecular complexity index is 917. The van der Waals surface area contributed by atoms with Gasteiger partial charge < -0.3 is 10.1 Å². The number of benzene rings is 1. The molecule has 1 aromatic carbocycles. The summed E-state index contributed by atoms with van der Waals surface area (Å²) < 4.78 is 4.99. The first-order valence-corrected chi connectivity index (χ1v) is 10.9. The van der Waals surface area contributed by atoms with Crippen LogP contribution >= 0.6 is 0 Å². The third-order valence-corrected chi connectivity index (χ3v) is 6.31. The second-order valence-electron chi connectivity index (χ2n) is 9.06. The molecule has 1 amide bonds. The number of hydrogen-bond donors (Lipinski definition) is 1. The van der Waals surface area contributed by atoms with Gasteiger partial charge in [0.25, 0.3) is 0 Å². The number of carbonyl (C=O) groups excluding carboxylic acids is 1. The number of rotatable bonds is 6. The molecule has 2 aromatic rings. The van der Waals surface area contributed by atoms with E-state index in [9.17, 15) is 4.79 Å². The molecule has 2 saturated heterocycles. The average Bonchev–Trinajstić information content (AvgIpc) is 3.17. The lowest BCUT2D eigenvalue weighted by Crippen LogP contribution is -2.57. The van der Waals surface area contributed by atoms with E-state index in [0.717, 1.165) is 31.7 Å². The van der Waals surface area contributed by atoms with E-state index in [2.05, 4.69) is 77.2 Å². The molecule has 1 unspecified atom stereocenters. The SMILES string of the molecule is CC(Nc1nccc(N2CCOC2=O)n1)c1ccc(CN2CCN(C)C(C)(C)C2)cc1. The predicted molar refractivity (Wildman–Crippen MR) is 121 cm³/mol. The number of nitrogens with one attached hydrogen (secondary N) is 1. The van der Waals surface area contributed by atoms with E-state index >= 15 is 0 Å². The van der Waals surface area contributed by atoms with Crippen molar-refractivity contribution < 1.29 is 9.53 Å². The molecule has 1 atom stereocenters. The summed E-state index contributed by atoms with van der Waals surface area (Å²) in [5.74, 6) is 1.05. The molecule has 2 aliphatic heterocycles. The minimum absolute atomic E-state index is 0.0393. The predicted octanol–water partition coefficient (Wildman–Crippen LogP) is 3.13. The van der Waals surface area contributed by atoms with Crippen LogP contribution in [0.25, 0.3) is 0 Å². The van der Waals surface area contributed by atoms with Crippen molar-refractivity contribution in [2.24, 2.45) is 0 Å². The molecule has 2 aliphatic rings. The minimum atomic E-state index is -0.364. The van der Waals surface area contributed by atoms with Crippen LogP contribution in [0.1, 0.15) is 37.9 Å². The summed E-state index contributed by atoms with van der Waals surface area (Å²) in [4.78, 5) is 27.0. The highest BCUT2D eigenvalue weighted by molar-refractivity contribution is 5.88. The molecule has 8 nitrogen and oxygen atoms in total. The van der Waals surface area contributed by atoms with Crippen LogP contribution in [0.5, 0.6) is 0 Å². The Balaban J connectivity index is 1.36. The molecule has 8 heteroatoms. The molecule has 1 aromatic heterocycles. The van der Waals surface area contributed by atoms with Gasteiger partial charge in [0.05, 0.1) is 12.6 Å². The highest BCUT2D eigenvalue weighted by atomic mass is 16.6. The summed E-state index contributed by atoms with van der Waals surface area (Å²) in [7, 11) is 2.21. The number of hydrogen-bond acceptors (Lipinski definition) is 7. The number of nitrogens with zero attached hydrogens (tertiary/aromatic N) is 5. The fourth-order valence-electron chi connectivity index (χ4n) is 4.09. The van der Waals surface area contributed by atoms with Gasteiger partial charge >= 0.3 is 6.09 Å². The number of carbonyl (C=O) groups is 1. The number of cyclic esters (lactones) is 1. The monoisotopic (exact) mass is 424 g/mol. The summed E-state index contributed by atoms with van der Waals surface area (Å²) in [6.45, 7) is 11.8. The van der Waals surface area contributed by atoms with Crippen molar-refractivity contribution in [3.8, 4) is 0 Å². The second kappa shape index (κ2) is 8.80. The highest BCUT2D eigenvalue weighted by Gasteiger charge is 2.30. The quantitative estimate of drug-likeness (QED) is 0.764. The molecule has 0 saturated carbocycles. The molecule has 31 heavy (non-hydrogen) atoms. The van der Waals surface area contributed by atoms with Crippen molar-refractivity contribution in [2.75, 3.05) is 50.1 Å². The summed E-state index contributed by atoms with van der Waals surface area (Å²) in [6.07, 6.45) is 1.29. The van der Waals surface area contributed by atoms with Gasteiger partial charge in [-0.05, 0) is 45.0 Å². The van der Waals surface area contributed by atoms with E-state index < -0.39 is 0 Å². The Morgan fingerprint density at radius 2 is 1.94 bits per heavy atom. The van der Waals surface area contributed by atoms with Gasteiger partial charge in [0.2, 0.25) is 5.95 Å². The lowest BCUT2D eigenvalue weighted by atomic mass is 9.99. The molecule has 2 fully saturated rings. The van der Waals surface area contributed by atoms with Crippen LogP contribution in [0.3, 0.4) is 0 Å². The van der Waals surface area contributed by atoms with Crippen LogP contribution in [-0.4, -0.2) is 71.2 Å². The van der Waals surface area contributed by atoms with Crippen LogP contribution in [0.2, 0.25) is 0 Å². The van der Waals surface area contributed by atoms with Gasteiger partial charge in [-0.15, -0.1) is 0 Å². The van der Waals surface area contributed by atoms with Gasteiger partial charge in [-0.3, -0.25) is 14.7 Å².